The Morgan fingerprint density at radius 2 is 1.94 bits per heavy atom. The predicted molar refractivity (Wildman–Crippen MR) is 70.3 cm³/mol. The lowest BCUT2D eigenvalue weighted by molar-refractivity contribution is 0.0964. The molecule has 0 saturated carbocycles. The zero-order valence-electron chi connectivity index (χ0n) is 9.64. The normalized spacial score (nSPS) is 10.1. The molecule has 0 aliphatic carbocycles. The number of hydrogen-bond donors (Lipinski definition) is 2. The number of halogens is 1. The maximum absolute atomic E-state index is 11.5. The fourth-order valence-electron chi connectivity index (χ4n) is 1.55. The molecule has 1 amide bonds. The van der Waals surface area contributed by atoms with Crippen molar-refractivity contribution in [1.82, 2.24) is 15.3 Å². The Morgan fingerprint density at radius 1 is 1.28 bits per heavy atom. The van der Waals surface area contributed by atoms with Crippen molar-refractivity contribution in [3.05, 3.63) is 41.4 Å². The van der Waals surface area contributed by atoms with Crippen LogP contribution < -0.4 is 11.1 Å². The molecule has 92 valence electrons. The van der Waals surface area contributed by atoms with E-state index in [4.69, 9.17) is 17.3 Å². The van der Waals surface area contributed by atoms with Gasteiger partial charge < -0.3 is 11.1 Å². The van der Waals surface area contributed by atoms with Crippen molar-refractivity contribution in [3.63, 3.8) is 0 Å². The molecule has 1 aromatic carbocycles. The maximum Gasteiger partial charge on any atom is 0.253 e. The van der Waals surface area contributed by atoms with Crippen LogP contribution in [0.4, 0.5) is 5.69 Å². The van der Waals surface area contributed by atoms with Crippen LogP contribution in [0.3, 0.4) is 0 Å². The molecule has 2 rings (SSSR count). The zero-order valence-corrected chi connectivity index (χ0v) is 10.4. The molecule has 2 aromatic rings. The molecule has 1 heterocycles. The first kappa shape index (κ1) is 12.3. The highest BCUT2D eigenvalue weighted by atomic mass is 35.5. The van der Waals surface area contributed by atoms with Gasteiger partial charge in [-0.05, 0) is 29.3 Å². The molecule has 0 atom stereocenters. The number of nitrogens with two attached hydrogens (primary N) is 1. The highest BCUT2D eigenvalue weighted by Gasteiger charge is 2.09. The van der Waals surface area contributed by atoms with Crippen molar-refractivity contribution in [2.24, 2.45) is 0 Å². The number of hydrogen-bond acceptors (Lipinski definition) is 4. The summed E-state index contributed by atoms with van der Waals surface area (Å²) in [7, 11) is 1.56. The number of aromatic nitrogens is 2. The van der Waals surface area contributed by atoms with Crippen LogP contribution in [0.5, 0.6) is 0 Å². The van der Waals surface area contributed by atoms with E-state index in [0.717, 1.165) is 11.1 Å². The lowest BCUT2D eigenvalue weighted by Gasteiger charge is -2.07. The van der Waals surface area contributed by atoms with Crippen LogP contribution in [-0.4, -0.2) is 22.9 Å². The smallest absolute Gasteiger partial charge is 0.253 e. The van der Waals surface area contributed by atoms with Gasteiger partial charge in [-0.25, -0.2) is 9.97 Å². The summed E-state index contributed by atoms with van der Waals surface area (Å²) in [4.78, 5) is 19.3. The Bertz CT molecular complexity index is 583. The van der Waals surface area contributed by atoms with Crippen LogP contribution in [0.2, 0.25) is 5.28 Å². The third-order valence-electron chi connectivity index (χ3n) is 2.48. The molecule has 1 aromatic heterocycles. The van der Waals surface area contributed by atoms with Crippen LogP contribution in [0.25, 0.3) is 11.1 Å². The van der Waals surface area contributed by atoms with E-state index in [1.807, 2.05) is 0 Å². The molecule has 18 heavy (non-hydrogen) atoms. The molecule has 0 fully saturated rings. The van der Waals surface area contributed by atoms with Gasteiger partial charge in [-0.1, -0.05) is 6.07 Å². The summed E-state index contributed by atoms with van der Waals surface area (Å²) in [6, 6.07) is 5.16. The molecular formula is C12H11ClN4O. The van der Waals surface area contributed by atoms with Crippen molar-refractivity contribution in [1.29, 1.82) is 0 Å². The van der Waals surface area contributed by atoms with Crippen molar-refractivity contribution >= 4 is 23.2 Å². The van der Waals surface area contributed by atoms with Crippen LogP contribution in [0, 0.1) is 0 Å². The number of nitrogens with zero attached hydrogens (tertiary/aromatic N) is 2. The van der Waals surface area contributed by atoms with Gasteiger partial charge in [0.2, 0.25) is 5.28 Å². The molecule has 5 nitrogen and oxygen atoms in total. The van der Waals surface area contributed by atoms with E-state index in [1.54, 1.807) is 37.6 Å². The molecule has 3 N–H and O–H groups in total. The van der Waals surface area contributed by atoms with Gasteiger partial charge in [-0.2, -0.15) is 0 Å². The minimum Gasteiger partial charge on any atom is -0.398 e. The predicted octanol–water partition coefficient (Wildman–Crippen LogP) is 1.74. The minimum atomic E-state index is -0.216. The Balaban J connectivity index is 2.40. The number of nitrogens with one attached hydrogen (secondary N) is 1. The second kappa shape index (κ2) is 5.01. The lowest BCUT2D eigenvalue weighted by Crippen LogP contribution is -2.19. The van der Waals surface area contributed by atoms with E-state index in [2.05, 4.69) is 15.3 Å². The molecule has 0 spiro atoms. The first-order chi connectivity index (χ1) is 8.61. The average molecular weight is 263 g/mol. The number of carbonyl (C=O) groups is 1. The molecule has 0 bridgehead atoms. The summed E-state index contributed by atoms with van der Waals surface area (Å²) in [5.41, 5.74) is 8.30. The van der Waals surface area contributed by atoms with Crippen molar-refractivity contribution in [3.8, 4) is 11.1 Å². The second-order valence-corrected chi connectivity index (χ2v) is 3.96. The molecule has 0 radical (unpaired) electrons. The number of anilines is 1. The van der Waals surface area contributed by atoms with Crippen molar-refractivity contribution in [2.75, 3.05) is 12.8 Å². The standard InChI is InChI=1S/C12H11ClN4O/c1-15-11(18)9-3-2-7(4-10(9)14)8-5-16-12(13)17-6-8/h2-6H,14H2,1H3,(H,15,18). The molecule has 0 aliphatic rings. The fraction of sp³-hybridized carbons (Fsp3) is 0.0833. The number of rotatable bonds is 2. The summed E-state index contributed by atoms with van der Waals surface area (Å²) >= 11 is 5.62. The van der Waals surface area contributed by atoms with Gasteiger partial charge >= 0.3 is 0 Å². The fourth-order valence-corrected chi connectivity index (χ4v) is 1.64. The number of carbonyl (C=O) groups excluding carboxylic acids is 1. The minimum absolute atomic E-state index is 0.189. The molecular weight excluding hydrogens is 252 g/mol. The second-order valence-electron chi connectivity index (χ2n) is 3.62. The van der Waals surface area contributed by atoms with E-state index in [1.165, 1.54) is 0 Å². The Morgan fingerprint density at radius 3 is 2.50 bits per heavy atom. The van der Waals surface area contributed by atoms with Gasteiger partial charge in [0.1, 0.15) is 0 Å². The van der Waals surface area contributed by atoms with Crippen LogP contribution in [-0.2, 0) is 0 Å². The first-order valence-corrected chi connectivity index (χ1v) is 5.59. The lowest BCUT2D eigenvalue weighted by atomic mass is 10.0. The van der Waals surface area contributed by atoms with E-state index in [-0.39, 0.29) is 11.2 Å². The van der Waals surface area contributed by atoms with E-state index >= 15 is 0 Å². The van der Waals surface area contributed by atoms with Crippen LogP contribution >= 0.6 is 11.6 Å². The summed E-state index contributed by atoms with van der Waals surface area (Å²) in [5.74, 6) is -0.216. The van der Waals surface area contributed by atoms with Crippen molar-refractivity contribution < 1.29 is 4.79 Å². The maximum atomic E-state index is 11.5. The van der Waals surface area contributed by atoms with E-state index in [0.29, 0.717) is 11.3 Å². The monoisotopic (exact) mass is 262 g/mol. The van der Waals surface area contributed by atoms with E-state index < -0.39 is 0 Å². The van der Waals surface area contributed by atoms with Gasteiger partial charge in [-0.3, -0.25) is 4.79 Å². The van der Waals surface area contributed by atoms with Gasteiger partial charge in [0.15, 0.2) is 0 Å². The summed E-state index contributed by atoms with van der Waals surface area (Å²) in [6.45, 7) is 0. The summed E-state index contributed by atoms with van der Waals surface area (Å²) in [5, 5.41) is 2.72. The number of amides is 1. The van der Waals surface area contributed by atoms with Crippen molar-refractivity contribution in [2.45, 2.75) is 0 Å². The highest BCUT2D eigenvalue weighted by molar-refractivity contribution is 6.28. The summed E-state index contributed by atoms with van der Waals surface area (Å²) < 4.78 is 0. The Hall–Kier alpha value is -2.14. The quantitative estimate of drug-likeness (QED) is 0.638. The average Bonchev–Trinajstić information content (AvgIpc) is 2.38. The Kier molecular flexibility index (Phi) is 3.43. The largest absolute Gasteiger partial charge is 0.398 e. The first-order valence-electron chi connectivity index (χ1n) is 5.21. The third kappa shape index (κ3) is 2.41. The van der Waals surface area contributed by atoms with Gasteiger partial charge in [0.25, 0.3) is 5.91 Å². The highest BCUT2D eigenvalue weighted by Crippen LogP contribution is 2.23. The number of nitrogen functional groups attached to an aromatic ring is 1. The molecule has 6 heteroatoms. The Labute approximate surface area is 109 Å². The topological polar surface area (TPSA) is 80.9 Å². The SMILES string of the molecule is CNC(=O)c1ccc(-c2cnc(Cl)nc2)cc1N. The molecule has 0 aliphatic heterocycles. The molecule has 0 saturated heterocycles. The third-order valence-corrected chi connectivity index (χ3v) is 2.67. The van der Waals surface area contributed by atoms with Crippen LogP contribution in [0.15, 0.2) is 30.6 Å². The van der Waals surface area contributed by atoms with Gasteiger partial charge in [0, 0.05) is 30.7 Å². The molecule has 0 unspecified atom stereocenters. The number of benzene rings is 1. The van der Waals surface area contributed by atoms with E-state index in [9.17, 15) is 4.79 Å². The zero-order chi connectivity index (χ0) is 13.1. The summed E-state index contributed by atoms with van der Waals surface area (Å²) in [6.07, 6.45) is 3.20. The van der Waals surface area contributed by atoms with Crippen LogP contribution in [0.1, 0.15) is 10.4 Å². The van der Waals surface area contributed by atoms with Gasteiger partial charge in [-0.15, -0.1) is 0 Å². The van der Waals surface area contributed by atoms with Gasteiger partial charge in [0.05, 0.1) is 5.56 Å².